The van der Waals surface area contributed by atoms with Crippen LogP contribution in [0.4, 0.5) is 0 Å². The monoisotopic (exact) mass is 265 g/mol. The quantitative estimate of drug-likeness (QED) is 0.839. The van der Waals surface area contributed by atoms with E-state index >= 15 is 0 Å². The van der Waals surface area contributed by atoms with Gasteiger partial charge in [0.05, 0.1) is 12.7 Å². The van der Waals surface area contributed by atoms with Crippen LogP contribution < -0.4 is 5.32 Å². The van der Waals surface area contributed by atoms with Crippen LogP contribution in [0, 0.1) is 6.92 Å². The summed E-state index contributed by atoms with van der Waals surface area (Å²) in [4.78, 5) is 15.8. The van der Waals surface area contributed by atoms with Crippen LogP contribution in [-0.2, 0) is 6.54 Å². The van der Waals surface area contributed by atoms with Crippen LogP contribution in [0.25, 0.3) is 0 Å². The Morgan fingerprint density at radius 1 is 1.50 bits per heavy atom. The Morgan fingerprint density at radius 3 is 3.00 bits per heavy atom. The molecule has 6 nitrogen and oxygen atoms in total. The van der Waals surface area contributed by atoms with Gasteiger partial charge in [-0.3, -0.25) is 9.48 Å². The molecular weight excluding hydrogens is 254 g/mol. The zero-order chi connectivity index (χ0) is 13.0. The second-order valence-corrected chi connectivity index (χ2v) is 4.13. The molecule has 0 radical (unpaired) electrons. The van der Waals surface area contributed by atoms with Crippen LogP contribution in [-0.4, -0.2) is 32.4 Å². The SMILES string of the molecule is Cc1cc(C(=O)NCCn2ccnn2)cc(Cl)n1. The second kappa shape index (κ2) is 5.59. The van der Waals surface area contributed by atoms with Gasteiger partial charge in [0.15, 0.2) is 0 Å². The van der Waals surface area contributed by atoms with Gasteiger partial charge in [-0.1, -0.05) is 16.8 Å². The maximum absolute atomic E-state index is 11.8. The minimum absolute atomic E-state index is 0.178. The van der Waals surface area contributed by atoms with E-state index < -0.39 is 0 Å². The number of nitrogens with zero attached hydrogens (tertiary/aromatic N) is 4. The molecule has 1 amide bonds. The van der Waals surface area contributed by atoms with Gasteiger partial charge in [-0.05, 0) is 19.1 Å². The lowest BCUT2D eigenvalue weighted by Crippen LogP contribution is -2.27. The molecule has 0 aromatic carbocycles. The van der Waals surface area contributed by atoms with Crippen molar-refractivity contribution in [3.05, 3.63) is 40.9 Å². The maximum Gasteiger partial charge on any atom is 0.251 e. The highest BCUT2D eigenvalue weighted by atomic mass is 35.5. The number of aromatic nitrogens is 4. The minimum Gasteiger partial charge on any atom is -0.350 e. The number of carbonyl (C=O) groups is 1. The lowest BCUT2D eigenvalue weighted by molar-refractivity contribution is 0.0951. The van der Waals surface area contributed by atoms with Gasteiger partial charge in [0, 0.05) is 24.0 Å². The van der Waals surface area contributed by atoms with Gasteiger partial charge in [-0.2, -0.15) is 0 Å². The van der Waals surface area contributed by atoms with Crippen LogP contribution in [0.2, 0.25) is 5.15 Å². The number of hydrogen-bond acceptors (Lipinski definition) is 4. The van der Waals surface area contributed by atoms with Crippen LogP contribution in [0.3, 0.4) is 0 Å². The van der Waals surface area contributed by atoms with Gasteiger partial charge in [0.25, 0.3) is 5.91 Å². The number of carbonyl (C=O) groups excluding carboxylic acids is 1. The summed E-state index contributed by atoms with van der Waals surface area (Å²) in [5.74, 6) is -0.178. The molecule has 2 rings (SSSR count). The molecule has 0 aliphatic rings. The molecule has 0 unspecified atom stereocenters. The lowest BCUT2D eigenvalue weighted by atomic mass is 10.2. The third-order valence-electron chi connectivity index (χ3n) is 2.28. The first-order valence-corrected chi connectivity index (χ1v) is 5.79. The van der Waals surface area contributed by atoms with Crippen molar-refractivity contribution in [2.75, 3.05) is 6.54 Å². The van der Waals surface area contributed by atoms with Gasteiger partial charge >= 0.3 is 0 Å². The highest BCUT2D eigenvalue weighted by Crippen LogP contribution is 2.10. The van der Waals surface area contributed by atoms with E-state index in [9.17, 15) is 4.79 Å². The summed E-state index contributed by atoms with van der Waals surface area (Å²) in [7, 11) is 0. The number of aryl methyl sites for hydroxylation is 1. The smallest absolute Gasteiger partial charge is 0.251 e. The molecule has 0 fully saturated rings. The molecule has 0 saturated carbocycles. The first kappa shape index (κ1) is 12.5. The van der Waals surface area contributed by atoms with E-state index in [4.69, 9.17) is 11.6 Å². The highest BCUT2D eigenvalue weighted by molar-refractivity contribution is 6.29. The average Bonchev–Trinajstić information content (AvgIpc) is 2.80. The number of amides is 1. The molecule has 0 atom stereocenters. The molecule has 1 N–H and O–H groups in total. The molecule has 0 spiro atoms. The van der Waals surface area contributed by atoms with E-state index in [1.807, 2.05) is 0 Å². The van der Waals surface area contributed by atoms with Gasteiger partial charge in [-0.25, -0.2) is 4.98 Å². The third kappa shape index (κ3) is 3.27. The van der Waals surface area contributed by atoms with Crippen molar-refractivity contribution >= 4 is 17.5 Å². The summed E-state index contributed by atoms with van der Waals surface area (Å²) in [5, 5.41) is 10.6. The van der Waals surface area contributed by atoms with Crippen molar-refractivity contribution in [1.82, 2.24) is 25.3 Å². The van der Waals surface area contributed by atoms with Gasteiger partial charge in [0.2, 0.25) is 0 Å². The Balaban J connectivity index is 1.91. The van der Waals surface area contributed by atoms with Gasteiger partial charge < -0.3 is 5.32 Å². The Kier molecular flexibility index (Phi) is 3.88. The summed E-state index contributed by atoms with van der Waals surface area (Å²) < 4.78 is 1.64. The summed E-state index contributed by atoms with van der Waals surface area (Å²) >= 11 is 5.80. The van der Waals surface area contributed by atoms with E-state index in [2.05, 4.69) is 20.6 Å². The van der Waals surface area contributed by atoms with E-state index in [0.717, 1.165) is 0 Å². The van der Waals surface area contributed by atoms with Crippen LogP contribution in [0.1, 0.15) is 16.1 Å². The summed E-state index contributed by atoms with van der Waals surface area (Å²) in [6.07, 6.45) is 3.33. The second-order valence-electron chi connectivity index (χ2n) is 3.74. The molecule has 0 aliphatic heterocycles. The fourth-order valence-corrected chi connectivity index (χ4v) is 1.75. The van der Waals surface area contributed by atoms with Crippen LogP contribution in [0.5, 0.6) is 0 Å². The molecule has 2 heterocycles. The molecule has 0 bridgehead atoms. The number of rotatable bonds is 4. The predicted octanol–water partition coefficient (Wildman–Crippen LogP) is 1.06. The molecule has 0 aliphatic carbocycles. The summed E-state index contributed by atoms with van der Waals surface area (Å²) in [6, 6.07) is 3.23. The number of nitrogens with one attached hydrogen (secondary N) is 1. The van der Waals surface area contributed by atoms with Crippen molar-refractivity contribution < 1.29 is 4.79 Å². The molecule has 94 valence electrons. The standard InChI is InChI=1S/C11H12ClN5O/c1-8-6-9(7-10(12)15-8)11(18)13-2-4-17-5-3-14-16-17/h3,5-7H,2,4H2,1H3,(H,13,18). The zero-order valence-electron chi connectivity index (χ0n) is 9.80. The first-order valence-electron chi connectivity index (χ1n) is 5.41. The van der Waals surface area contributed by atoms with Crippen LogP contribution in [0.15, 0.2) is 24.5 Å². The number of halogens is 1. The summed E-state index contributed by atoms with van der Waals surface area (Å²) in [5.41, 5.74) is 1.22. The van der Waals surface area contributed by atoms with Gasteiger partial charge in [0.1, 0.15) is 5.15 Å². The van der Waals surface area contributed by atoms with E-state index in [-0.39, 0.29) is 5.91 Å². The summed E-state index contributed by atoms with van der Waals surface area (Å²) in [6.45, 7) is 2.84. The van der Waals surface area contributed by atoms with E-state index in [1.165, 1.54) is 0 Å². The maximum atomic E-state index is 11.8. The molecule has 18 heavy (non-hydrogen) atoms. The van der Waals surface area contributed by atoms with Crippen molar-refractivity contribution in [3.8, 4) is 0 Å². The molecule has 0 saturated heterocycles. The normalized spacial score (nSPS) is 10.3. The Hall–Kier alpha value is -1.95. The highest BCUT2D eigenvalue weighted by Gasteiger charge is 2.07. The molecule has 2 aromatic heterocycles. The van der Waals surface area contributed by atoms with Crippen LogP contribution >= 0.6 is 11.6 Å². The number of pyridine rings is 1. The Bertz CT molecular complexity index is 520. The zero-order valence-corrected chi connectivity index (χ0v) is 10.6. The first-order chi connectivity index (χ1) is 8.65. The Morgan fingerprint density at radius 2 is 2.33 bits per heavy atom. The Labute approximate surface area is 109 Å². The van der Waals surface area contributed by atoms with Crippen molar-refractivity contribution in [2.24, 2.45) is 0 Å². The van der Waals surface area contributed by atoms with Crippen molar-refractivity contribution in [3.63, 3.8) is 0 Å². The van der Waals surface area contributed by atoms with Gasteiger partial charge in [-0.15, -0.1) is 5.10 Å². The number of hydrogen-bond donors (Lipinski definition) is 1. The molecular formula is C11H12ClN5O. The van der Waals surface area contributed by atoms with Crippen molar-refractivity contribution in [1.29, 1.82) is 0 Å². The minimum atomic E-state index is -0.178. The van der Waals surface area contributed by atoms with E-state index in [1.54, 1.807) is 36.1 Å². The fourth-order valence-electron chi connectivity index (χ4n) is 1.50. The molecule has 7 heteroatoms. The average molecular weight is 266 g/mol. The topological polar surface area (TPSA) is 72.7 Å². The molecule has 2 aromatic rings. The largest absolute Gasteiger partial charge is 0.350 e. The fraction of sp³-hybridized carbons (Fsp3) is 0.273. The lowest BCUT2D eigenvalue weighted by Gasteiger charge is -2.06. The van der Waals surface area contributed by atoms with Crippen molar-refractivity contribution in [2.45, 2.75) is 13.5 Å². The van der Waals surface area contributed by atoms with E-state index in [0.29, 0.717) is 29.5 Å². The predicted molar refractivity (Wildman–Crippen MR) is 66.3 cm³/mol. The third-order valence-corrected chi connectivity index (χ3v) is 2.48.